The molecule has 0 aliphatic rings. The fourth-order valence-electron chi connectivity index (χ4n) is 7.97. The highest BCUT2D eigenvalue weighted by Gasteiger charge is 2.19. The van der Waals surface area contributed by atoms with Crippen LogP contribution in [0, 0.1) is 0 Å². The SMILES string of the molecule is c1ccc(-c2nc(-c3ccccc3)nc(-c3cccc(-n4c5ccccc5c5cc6cc7c8ccccc8c8ccccc8n7c6cc54)c3)n2)cc1. The van der Waals surface area contributed by atoms with E-state index in [9.17, 15) is 0 Å². The molecule has 0 amide bonds. The van der Waals surface area contributed by atoms with Gasteiger partial charge in [-0.3, -0.25) is 0 Å². The molecule has 4 aromatic heterocycles. The summed E-state index contributed by atoms with van der Waals surface area (Å²) < 4.78 is 4.82. The maximum atomic E-state index is 5.03. The van der Waals surface area contributed by atoms with Gasteiger partial charge >= 0.3 is 0 Å². The van der Waals surface area contributed by atoms with Crippen LogP contribution in [0.1, 0.15) is 0 Å². The Hall–Kier alpha value is -7.11. The molecule has 0 saturated heterocycles. The van der Waals surface area contributed by atoms with Crippen molar-refractivity contribution in [1.29, 1.82) is 0 Å². The lowest BCUT2D eigenvalue weighted by Crippen LogP contribution is -2.01. The van der Waals surface area contributed by atoms with Crippen LogP contribution in [0.4, 0.5) is 0 Å². The number of hydrogen-bond acceptors (Lipinski definition) is 3. The number of benzene rings is 7. The Morgan fingerprint density at radius 1 is 0.308 bits per heavy atom. The van der Waals surface area contributed by atoms with Gasteiger partial charge in [0.25, 0.3) is 0 Å². The highest BCUT2D eigenvalue weighted by molar-refractivity contribution is 6.19. The Morgan fingerprint density at radius 3 is 1.50 bits per heavy atom. The van der Waals surface area contributed by atoms with Crippen molar-refractivity contribution in [3.8, 4) is 39.9 Å². The zero-order valence-corrected chi connectivity index (χ0v) is 28.0. The van der Waals surface area contributed by atoms with E-state index < -0.39 is 0 Å². The first-order valence-corrected chi connectivity index (χ1v) is 17.5. The smallest absolute Gasteiger partial charge is 0.164 e. The van der Waals surface area contributed by atoms with Crippen LogP contribution in [0.2, 0.25) is 0 Å². The highest BCUT2D eigenvalue weighted by Crippen LogP contribution is 2.39. The first-order chi connectivity index (χ1) is 25.8. The van der Waals surface area contributed by atoms with Crippen molar-refractivity contribution in [1.82, 2.24) is 23.9 Å². The molecule has 4 heterocycles. The minimum atomic E-state index is 0.633. The van der Waals surface area contributed by atoms with E-state index in [2.05, 4.69) is 124 Å². The molecular formula is C47H29N5. The number of aromatic nitrogens is 5. The summed E-state index contributed by atoms with van der Waals surface area (Å²) >= 11 is 0. The lowest BCUT2D eigenvalue weighted by Gasteiger charge is -2.12. The van der Waals surface area contributed by atoms with Gasteiger partial charge in [0.2, 0.25) is 0 Å². The molecule has 0 aliphatic carbocycles. The van der Waals surface area contributed by atoms with Crippen molar-refractivity contribution >= 4 is 59.9 Å². The van der Waals surface area contributed by atoms with Crippen LogP contribution < -0.4 is 0 Å². The third-order valence-electron chi connectivity index (χ3n) is 10.3. The molecule has 0 fully saturated rings. The van der Waals surface area contributed by atoms with Gasteiger partial charge in [-0.05, 0) is 47.9 Å². The normalized spacial score (nSPS) is 11.8. The van der Waals surface area contributed by atoms with Crippen molar-refractivity contribution in [2.45, 2.75) is 0 Å². The number of nitrogens with zero attached hydrogens (tertiary/aromatic N) is 5. The van der Waals surface area contributed by atoms with E-state index in [1.165, 1.54) is 48.9 Å². The van der Waals surface area contributed by atoms with E-state index in [-0.39, 0.29) is 0 Å². The van der Waals surface area contributed by atoms with E-state index in [1.54, 1.807) is 0 Å². The summed E-state index contributed by atoms with van der Waals surface area (Å²) in [6.45, 7) is 0. The molecule has 0 spiro atoms. The van der Waals surface area contributed by atoms with Crippen LogP contribution in [-0.4, -0.2) is 23.9 Å². The predicted molar refractivity (Wildman–Crippen MR) is 214 cm³/mol. The Balaban J connectivity index is 1.17. The van der Waals surface area contributed by atoms with Gasteiger partial charge < -0.3 is 8.97 Å². The summed E-state index contributed by atoms with van der Waals surface area (Å²) in [5.74, 6) is 1.93. The second kappa shape index (κ2) is 11.2. The molecule has 7 aromatic carbocycles. The van der Waals surface area contributed by atoms with Gasteiger partial charge in [-0.15, -0.1) is 0 Å². The first-order valence-electron chi connectivity index (χ1n) is 17.5. The minimum Gasteiger partial charge on any atom is -0.309 e. The fraction of sp³-hybridized carbons (Fsp3) is 0. The largest absolute Gasteiger partial charge is 0.309 e. The molecule has 0 bridgehead atoms. The average molecular weight is 664 g/mol. The quantitative estimate of drug-likeness (QED) is 0.176. The van der Waals surface area contributed by atoms with E-state index in [1.807, 2.05) is 60.7 Å². The van der Waals surface area contributed by atoms with Crippen molar-refractivity contribution in [3.05, 3.63) is 176 Å². The Bertz CT molecular complexity index is 3120. The van der Waals surface area contributed by atoms with Crippen LogP contribution >= 0.6 is 0 Å². The molecule has 11 aromatic rings. The summed E-state index contributed by atoms with van der Waals surface area (Å²) in [4.78, 5) is 15.0. The number of hydrogen-bond donors (Lipinski definition) is 0. The van der Waals surface area contributed by atoms with E-state index in [0.29, 0.717) is 17.5 Å². The van der Waals surface area contributed by atoms with Crippen molar-refractivity contribution in [3.63, 3.8) is 0 Å². The third kappa shape index (κ3) is 4.33. The standard InChI is InChI=1S/C47H29N5/c1-3-14-30(15-4-1)45-48-46(31-16-5-2-6-17-31)50-47(49-45)32-18-13-19-34(26-32)51-40-24-11-10-23-38(40)39-27-33-28-43-37-22-8-7-20-35(37)36-21-9-12-25-41(36)52(43)42(33)29-44(39)51/h1-29H. The maximum Gasteiger partial charge on any atom is 0.164 e. The lowest BCUT2D eigenvalue weighted by molar-refractivity contribution is 1.07. The molecule has 0 saturated carbocycles. The molecule has 0 N–H and O–H groups in total. The number of pyridine rings is 1. The van der Waals surface area contributed by atoms with Crippen LogP contribution in [-0.2, 0) is 0 Å². The molecule has 5 heteroatoms. The van der Waals surface area contributed by atoms with Crippen molar-refractivity contribution in [2.75, 3.05) is 0 Å². The van der Waals surface area contributed by atoms with Gasteiger partial charge in [0, 0.05) is 49.3 Å². The van der Waals surface area contributed by atoms with E-state index in [4.69, 9.17) is 15.0 Å². The molecule has 0 radical (unpaired) electrons. The van der Waals surface area contributed by atoms with Crippen molar-refractivity contribution < 1.29 is 0 Å². The second-order valence-corrected chi connectivity index (χ2v) is 13.3. The summed E-state index contributed by atoms with van der Waals surface area (Å²) in [6, 6.07) is 62.1. The Morgan fingerprint density at radius 2 is 0.827 bits per heavy atom. The Kier molecular flexibility index (Phi) is 6.18. The number of fused-ring (bicyclic) bond motifs is 11. The summed E-state index contributed by atoms with van der Waals surface area (Å²) in [7, 11) is 0. The van der Waals surface area contributed by atoms with Crippen LogP contribution in [0.5, 0.6) is 0 Å². The summed E-state index contributed by atoms with van der Waals surface area (Å²) in [5.41, 5.74) is 9.76. The van der Waals surface area contributed by atoms with E-state index >= 15 is 0 Å². The van der Waals surface area contributed by atoms with Gasteiger partial charge in [0.15, 0.2) is 17.5 Å². The van der Waals surface area contributed by atoms with Gasteiger partial charge in [-0.2, -0.15) is 0 Å². The first kappa shape index (κ1) is 28.7. The Labute approximate surface area is 298 Å². The fourth-order valence-corrected chi connectivity index (χ4v) is 7.97. The predicted octanol–water partition coefficient (Wildman–Crippen LogP) is 11.7. The molecule has 5 nitrogen and oxygen atoms in total. The van der Waals surface area contributed by atoms with Gasteiger partial charge in [-0.1, -0.05) is 133 Å². The van der Waals surface area contributed by atoms with Gasteiger partial charge in [-0.25, -0.2) is 15.0 Å². The molecule has 11 rings (SSSR count). The molecule has 0 atom stereocenters. The monoisotopic (exact) mass is 663 g/mol. The second-order valence-electron chi connectivity index (χ2n) is 13.3. The van der Waals surface area contributed by atoms with Crippen LogP contribution in [0.25, 0.3) is 99.8 Å². The highest BCUT2D eigenvalue weighted by atomic mass is 15.0. The molecule has 52 heavy (non-hydrogen) atoms. The van der Waals surface area contributed by atoms with Gasteiger partial charge in [0.1, 0.15) is 0 Å². The molecular weight excluding hydrogens is 635 g/mol. The number of rotatable bonds is 4. The number of para-hydroxylation sites is 2. The van der Waals surface area contributed by atoms with E-state index in [0.717, 1.165) is 33.4 Å². The summed E-state index contributed by atoms with van der Waals surface area (Å²) in [6.07, 6.45) is 0. The lowest BCUT2D eigenvalue weighted by atomic mass is 10.1. The van der Waals surface area contributed by atoms with Crippen LogP contribution in [0.3, 0.4) is 0 Å². The topological polar surface area (TPSA) is 48.0 Å². The maximum absolute atomic E-state index is 5.03. The van der Waals surface area contributed by atoms with Crippen molar-refractivity contribution in [2.24, 2.45) is 0 Å². The minimum absolute atomic E-state index is 0.633. The average Bonchev–Trinajstić information content (AvgIpc) is 3.76. The zero-order valence-electron chi connectivity index (χ0n) is 28.0. The van der Waals surface area contributed by atoms with Crippen LogP contribution in [0.15, 0.2) is 176 Å². The zero-order chi connectivity index (χ0) is 34.2. The molecule has 0 aliphatic heterocycles. The molecule has 242 valence electrons. The molecule has 0 unspecified atom stereocenters. The van der Waals surface area contributed by atoms with Gasteiger partial charge in [0.05, 0.1) is 27.6 Å². The summed E-state index contributed by atoms with van der Waals surface area (Å²) in [5, 5.41) is 7.43. The third-order valence-corrected chi connectivity index (χ3v) is 10.3.